The van der Waals surface area contributed by atoms with E-state index in [9.17, 15) is 0 Å². The molecule has 0 saturated heterocycles. The summed E-state index contributed by atoms with van der Waals surface area (Å²) in [5.41, 5.74) is 14.1. The van der Waals surface area contributed by atoms with Crippen LogP contribution >= 0.6 is 11.8 Å². The Labute approximate surface area is 307 Å². The van der Waals surface area contributed by atoms with Crippen molar-refractivity contribution in [1.29, 1.82) is 0 Å². The Kier molecular flexibility index (Phi) is 7.33. The van der Waals surface area contributed by atoms with Crippen LogP contribution in [0.2, 0.25) is 0 Å². The Morgan fingerprint density at radius 3 is 1.85 bits per heavy atom. The fourth-order valence-corrected chi connectivity index (χ4v) is 8.78. The molecule has 0 N–H and O–H groups in total. The van der Waals surface area contributed by atoms with Crippen molar-refractivity contribution in [2.45, 2.75) is 4.90 Å². The molecule has 3 heterocycles. The highest BCUT2D eigenvalue weighted by Gasteiger charge is 2.21. The van der Waals surface area contributed by atoms with E-state index >= 15 is 0 Å². The summed E-state index contributed by atoms with van der Waals surface area (Å²) < 4.78 is 4.88. The Morgan fingerprint density at radius 2 is 1.04 bits per heavy atom. The van der Waals surface area contributed by atoms with Crippen molar-refractivity contribution in [2.24, 2.45) is 0 Å². The van der Waals surface area contributed by atoms with Gasteiger partial charge in [0.15, 0.2) is 0 Å². The molecule has 0 spiro atoms. The average molecular weight is 683 g/mol. The lowest BCUT2D eigenvalue weighted by molar-refractivity contribution is 1.16. The molecule has 9 aromatic rings. The lowest BCUT2D eigenvalue weighted by Gasteiger charge is -2.12. The zero-order chi connectivity index (χ0) is 34.6. The van der Waals surface area contributed by atoms with E-state index in [4.69, 9.17) is 0 Å². The molecule has 52 heavy (non-hydrogen) atoms. The van der Waals surface area contributed by atoms with Crippen LogP contribution in [0, 0.1) is 0 Å². The molecule has 1 aliphatic rings. The molecule has 0 amide bonds. The van der Waals surface area contributed by atoms with Gasteiger partial charge in [-0.3, -0.25) is 0 Å². The summed E-state index contributed by atoms with van der Waals surface area (Å²) >= 11 is 1.87. The van der Waals surface area contributed by atoms with Crippen molar-refractivity contribution < 1.29 is 0 Å². The smallest absolute Gasteiger partial charge is 0.0562 e. The minimum atomic E-state index is 0.915. The third-order valence-corrected chi connectivity index (χ3v) is 11.3. The van der Waals surface area contributed by atoms with Gasteiger partial charge in [0.2, 0.25) is 0 Å². The van der Waals surface area contributed by atoms with E-state index in [0.29, 0.717) is 0 Å². The number of fused-ring (bicyclic) bond motifs is 7. The minimum absolute atomic E-state index is 0.915. The normalized spacial score (nSPS) is 14.3. The number of thioether (sulfide) groups is 1. The molecule has 0 unspecified atom stereocenters. The molecular weight excluding hydrogens is 649 g/mol. The van der Waals surface area contributed by atoms with E-state index in [1.807, 2.05) is 11.8 Å². The highest BCUT2D eigenvalue weighted by atomic mass is 32.2. The SMILES string of the molecule is C=C1/C=C\C=C/CSc2cc3c(cc21)c1cc2c4ccccc4n(-c4cccc(-c5ccc(-c6ccccc6)cc5)c4)c2cc1n3-c1ccccc1. The number of hydrogen-bond donors (Lipinski definition) is 0. The Bertz CT molecular complexity index is 2890. The first-order chi connectivity index (χ1) is 25.7. The van der Waals surface area contributed by atoms with Crippen molar-refractivity contribution >= 4 is 60.9 Å². The van der Waals surface area contributed by atoms with Crippen molar-refractivity contribution in [3.8, 4) is 33.6 Å². The number of para-hydroxylation sites is 2. The molecule has 246 valence electrons. The maximum Gasteiger partial charge on any atom is 0.0562 e. The monoisotopic (exact) mass is 682 g/mol. The average Bonchev–Trinajstić information content (AvgIpc) is 3.72. The highest BCUT2D eigenvalue weighted by molar-refractivity contribution is 7.99. The summed E-state index contributed by atoms with van der Waals surface area (Å²) in [4.78, 5) is 1.25. The van der Waals surface area contributed by atoms with E-state index < -0.39 is 0 Å². The van der Waals surface area contributed by atoms with Gasteiger partial charge in [0.25, 0.3) is 0 Å². The fraction of sp³-hybridized carbons (Fsp3) is 0.0204. The molecule has 0 fully saturated rings. The van der Waals surface area contributed by atoms with Crippen LogP contribution < -0.4 is 0 Å². The first-order valence-electron chi connectivity index (χ1n) is 17.7. The molecule has 0 saturated carbocycles. The molecule has 2 nitrogen and oxygen atoms in total. The predicted molar refractivity (Wildman–Crippen MR) is 224 cm³/mol. The molecule has 1 aliphatic heterocycles. The van der Waals surface area contributed by atoms with Crippen LogP contribution in [-0.4, -0.2) is 14.9 Å². The van der Waals surface area contributed by atoms with E-state index in [1.54, 1.807) is 0 Å². The minimum Gasteiger partial charge on any atom is -0.309 e. The van der Waals surface area contributed by atoms with Gasteiger partial charge in [0.05, 0.1) is 22.1 Å². The zero-order valence-electron chi connectivity index (χ0n) is 28.5. The second-order valence-corrected chi connectivity index (χ2v) is 14.5. The molecule has 3 heteroatoms. The largest absolute Gasteiger partial charge is 0.309 e. The zero-order valence-corrected chi connectivity index (χ0v) is 29.4. The summed E-state index contributed by atoms with van der Waals surface area (Å²) in [7, 11) is 0. The van der Waals surface area contributed by atoms with Gasteiger partial charge in [-0.15, -0.1) is 11.8 Å². The van der Waals surface area contributed by atoms with Crippen LogP contribution in [0.5, 0.6) is 0 Å². The summed E-state index contributed by atoms with van der Waals surface area (Å²) in [6, 6.07) is 57.6. The number of allylic oxidation sites excluding steroid dienone is 4. The second-order valence-electron chi connectivity index (χ2n) is 13.4. The van der Waals surface area contributed by atoms with Crippen molar-refractivity contribution in [3.63, 3.8) is 0 Å². The summed E-state index contributed by atoms with van der Waals surface area (Å²) in [5.74, 6) is 0.915. The first kappa shape index (κ1) is 30.5. The van der Waals surface area contributed by atoms with Gasteiger partial charge in [-0.25, -0.2) is 0 Å². The van der Waals surface area contributed by atoms with Crippen LogP contribution in [0.4, 0.5) is 0 Å². The van der Waals surface area contributed by atoms with Gasteiger partial charge in [-0.05, 0) is 88.0 Å². The Hall–Kier alpha value is -6.29. The maximum absolute atomic E-state index is 4.48. The molecule has 7 aromatic carbocycles. The lowest BCUT2D eigenvalue weighted by atomic mass is 10.00. The number of hydrogen-bond acceptors (Lipinski definition) is 1. The molecule has 10 rings (SSSR count). The molecule has 2 aromatic heterocycles. The number of nitrogens with zero attached hydrogens (tertiary/aromatic N) is 2. The third kappa shape index (κ3) is 5.05. The van der Waals surface area contributed by atoms with Gasteiger partial charge in [0, 0.05) is 43.6 Å². The van der Waals surface area contributed by atoms with Crippen LogP contribution in [0.25, 0.3) is 82.8 Å². The van der Waals surface area contributed by atoms with Gasteiger partial charge in [0.1, 0.15) is 0 Å². The van der Waals surface area contributed by atoms with Crippen molar-refractivity contribution in [1.82, 2.24) is 9.13 Å². The van der Waals surface area contributed by atoms with Crippen molar-refractivity contribution in [3.05, 3.63) is 194 Å². The Balaban J connectivity index is 1.21. The summed E-state index contributed by atoms with van der Waals surface area (Å²) in [6.07, 6.45) is 8.56. The van der Waals surface area contributed by atoms with Gasteiger partial charge in [-0.2, -0.15) is 0 Å². The molecule has 0 radical (unpaired) electrons. The summed E-state index contributed by atoms with van der Waals surface area (Å²) in [5, 5.41) is 4.96. The second kappa shape index (κ2) is 12.5. The van der Waals surface area contributed by atoms with Gasteiger partial charge >= 0.3 is 0 Å². The van der Waals surface area contributed by atoms with Crippen LogP contribution in [0.1, 0.15) is 5.56 Å². The van der Waals surface area contributed by atoms with Crippen molar-refractivity contribution in [2.75, 3.05) is 5.75 Å². The lowest BCUT2D eigenvalue weighted by Crippen LogP contribution is -1.96. The Morgan fingerprint density at radius 1 is 0.442 bits per heavy atom. The third-order valence-electron chi connectivity index (χ3n) is 10.3. The molecule has 0 aliphatic carbocycles. The van der Waals surface area contributed by atoms with Crippen LogP contribution in [0.3, 0.4) is 0 Å². The van der Waals surface area contributed by atoms with E-state index in [2.05, 4.69) is 198 Å². The standard InChI is InChI=1S/C49H34N2S/c1-33-14-5-4-12-27-52-49-32-48-43(29-41(33)49)44-30-42-40-21-10-11-22-45(40)51(46(42)31-47(44)50(48)38-18-8-3-9-19-38)39-20-13-17-37(28-39)36-25-23-35(24-26-36)34-15-6-2-7-16-34/h2-26,28-32H,1,27H2/b12-4-,14-5-. The van der Waals surface area contributed by atoms with E-state index in [1.165, 1.54) is 76.3 Å². The predicted octanol–water partition coefficient (Wildman–Crippen LogP) is 13.4. The number of benzene rings is 7. The molecular formula is C49H34N2S. The fourth-order valence-electron chi connectivity index (χ4n) is 7.85. The quantitative estimate of drug-likeness (QED) is 0.180. The highest BCUT2D eigenvalue weighted by Crippen LogP contribution is 2.43. The number of rotatable bonds is 4. The molecule has 0 bridgehead atoms. The first-order valence-corrected chi connectivity index (χ1v) is 18.7. The maximum atomic E-state index is 4.48. The molecule has 0 atom stereocenters. The van der Waals surface area contributed by atoms with E-state index in [-0.39, 0.29) is 0 Å². The van der Waals surface area contributed by atoms with Crippen LogP contribution in [-0.2, 0) is 0 Å². The number of aromatic nitrogens is 2. The van der Waals surface area contributed by atoms with E-state index in [0.717, 1.165) is 22.7 Å². The van der Waals surface area contributed by atoms with Gasteiger partial charge < -0.3 is 9.13 Å². The van der Waals surface area contributed by atoms with Gasteiger partial charge in [-0.1, -0.05) is 134 Å². The van der Waals surface area contributed by atoms with Crippen LogP contribution in [0.15, 0.2) is 194 Å². The summed E-state index contributed by atoms with van der Waals surface area (Å²) in [6.45, 7) is 4.48. The topological polar surface area (TPSA) is 9.86 Å².